The van der Waals surface area contributed by atoms with E-state index in [2.05, 4.69) is 0 Å². The van der Waals surface area contributed by atoms with E-state index in [9.17, 15) is 61.0 Å². The summed E-state index contributed by atoms with van der Waals surface area (Å²) >= 11 is 0. The van der Waals surface area contributed by atoms with E-state index < -0.39 is 142 Å². The highest BCUT2D eigenvalue weighted by atomic mass is 16.8. The minimum absolute atomic E-state index is 0.0125. The highest BCUT2D eigenvalue weighted by molar-refractivity contribution is 5.91. The fourth-order valence-electron chi connectivity index (χ4n) is 7.95. The highest BCUT2D eigenvalue weighted by Gasteiger charge is 2.54. The fourth-order valence-corrected chi connectivity index (χ4v) is 7.95. The Morgan fingerprint density at radius 2 is 1.29 bits per heavy atom. The molecule has 3 aromatic rings. The fraction of sp³-hybridized carbons (Fsp3) is 0.625. The van der Waals surface area contributed by atoms with E-state index in [1.54, 1.807) is 18.2 Å². The van der Waals surface area contributed by atoms with Gasteiger partial charge in [0.1, 0.15) is 89.5 Å². The van der Waals surface area contributed by atoms with E-state index in [0.29, 0.717) is 17.1 Å². The molecule has 0 bridgehead atoms. The van der Waals surface area contributed by atoms with Crippen molar-refractivity contribution in [3.63, 3.8) is 0 Å². The summed E-state index contributed by atoms with van der Waals surface area (Å²) in [5.41, 5.74) is -4.18. The van der Waals surface area contributed by atoms with Gasteiger partial charge < -0.3 is 117 Å². The number of benzene rings is 2. The third-order valence-electron chi connectivity index (χ3n) is 11.9. The molecule has 16 unspecified atom stereocenters. The molecule has 0 aliphatic carbocycles. The Balaban J connectivity index is 1.05. The Bertz CT molecular complexity index is 2210. The van der Waals surface area contributed by atoms with Gasteiger partial charge in [-0.1, -0.05) is 6.07 Å². The van der Waals surface area contributed by atoms with Crippen LogP contribution in [-0.2, 0) is 33.2 Å². The second kappa shape index (κ2) is 18.9. The van der Waals surface area contributed by atoms with Gasteiger partial charge in [0.2, 0.25) is 24.3 Å². The zero-order valence-electron chi connectivity index (χ0n) is 34.6. The van der Waals surface area contributed by atoms with Gasteiger partial charge in [-0.05, 0) is 17.7 Å². The number of fused-ring (bicyclic) bond motifs is 2. The maximum Gasteiger partial charge on any atom is 0.231 e. The van der Waals surface area contributed by atoms with Gasteiger partial charge >= 0.3 is 0 Å². The third kappa shape index (κ3) is 8.71. The van der Waals surface area contributed by atoms with Gasteiger partial charge in [-0.2, -0.15) is 0 Å². The van der Waals surface area contributed by atoms with Crippen LogP contribution in [0, 0.1) is 0 Å². The molecule has 0 amide bonds. The van der Waals surface area contributed by atoms with Crippen molar-refractivity contribution in [3.8, 4) is 39.9 Å². The van der Waals surface area contributed by atoms with E-state index in [1.165, 1.54) is 26.5 Å². The van der Waals surface area contributed by atoms with Crippen molar-refractivity contribution in [3.05, 3.63) is 40.8 Å². The number of ether oxygens (including phenoxy) is 12. The zero-order valence-corrected chi connectivity index (χ0v) is 34.6. The second-order valence-corrected chi connectivity index (χ2v) is 16.1. The first kappa shape index (κ1) is 47.4. The Morgan fingerprint density at radius 3 is 1.91 bits per heavy atom. The van der Waals surface area contributed by atoms with Gasteiger partial charge in [0.05, 0.1) is 59.4 Å². The first-order valence-corrected chi connectivity index (χ1v) is 20.2. The lowest BCUT2D eigenvalue weighted by Gasteiger charge is -2.46. The molecule has 8 rings (SSSR count). The summed E-state index contributed by atoms with van der Waals surface area (Å²) in [5, 5.41) is 117. The maximum absolute atomic E-state index is 14.0. The van der Waals surface area contributed by atoms with E-state index in [-0.39, 0.29) is 40.6 Å². The summed E-state index contributed by atoms with van der Waals surface area (Å²) < 4.78 is 73.5. The predicted molar refractivity (Wildman–Crippen MR) is 207 cm³/mol. The lowest BCUT2D eigenvalue weighted by Crippen LogP contribution is -2.65. The molecule has 5 aliphatic rings. The Morgan fingerprint density at radius 1 is 0.692 bits per heavy atom. The first-order valence-electron chi connectivity index (χ1n) is 20.2. The van der Waals surface area contributed by atoms with Crippen LogP contribution in [-0.4, -0.2) is 214 Å². The Kier molecular flexibility index (Phi) is 13.8. The summed E-state index contributed by atoms with van der Waals surface area (Å²) in [6.45, 7) is -4.15. The van der Waals surface area contributed by atoms with E-state index in [4.69, 9.17) is 61.3 Å². The van der Waals surface area contributed by atoms with Crippen molar-refractivity contribution in [2.45, 2.75) is 97.4 Å². The third-order valence-corrected chi connectivity index (χ3v) is 11.9. The van der Waals surface area contributed by atoms with Crippen LogP contribution in [0.25, 0.3) is 22.1 Å². The largest absolute Gasteiger partial charge is 0.492 e. The van der Waals surface area contributed by atoms with Gasteiger partial charge in [-0.15, -0.1) is 0 Å². The molecule has 25 heteroatoms. The molecule has 5 aliphatic heterocycles. The molecular formula is C40H50O25. The highest BCUT2D eigenvalue weighted by Crippen LogP contribution is 2.45. The van der Waals surface area contributed by atoms with Crippen LogP contribution in [0.5, 0.6) is 28.7 Å². The molecular weight excluding hydrogens is 880 g/mol. The van der Waals surface area contributed by atoms with Crippen LogP contribution >= 0.6 is 0 Å². The first-order chi connectivity index (χ1) is 31.1. The van der Waals surface area contributed by atoms with Crippen molar-refractivity contribution < 1.29 is 117 Å². The average molecular weight is 931 g/mol. The number of rotatable bonds is 15. The van der Waals surface area contributed by atoms with Crippen LogP contribution in [0.4, 0.5) is 0 Å². The molecule has 360 valence electrons. The van der Waals surface area contributed by atoms with Crippen LogP contribution in [0.1, 0.15) is 0 Å². The van der Waals surface area contributed by atoms with Crippen molar-refractivity contribution >= 4 is 11.0 Å². The summed E-state index contributed by atoms with van der Waals surface area (Å²) in [7, 11) is 2.50. The molecule has 0 radical (unpaired) electrons. The molecule has 16 atom stereocenters. The smallest absolute Gasteiger partial charge is 0.231 e. The maximum atomic E-state index is 14.0. The standard InChI is InChI=1S/C40H50O25/c1-53-31-20(6-19-23(32(31)54-2)24(43)16(7-55-19)15-3-4-17-18(5-15)61-14-60-17)62-35-29(48)27(46)30(22(64-35)9-57-38-34(50)40(52,11-42)13-59-38)65-36-28(47)26(45)25(44)21(63-36)8-56-37-33(49)39(51,10-41)12-58-37/h3-7,21-22,25-30,33-38,41-42,44-52H,8-14H2,1-2H3. The number of hydrogen-bond acceptors (Lipinski definition) is 25. The summed E-state index contributed by atoms with van der Waals surface area (Å²) in [4.78, 5) is 14.0. The monoisotopic (exact) mass is 930 g/mol. The number of aliphatic hydroxyl groups is 11. The Hall–Kier alpha value is -4.07. The normalized spacial score (nSPS) is 38.0. The number of aliphatic hydroxyl groups excluding tert-OH is 9. The molecule has 2 aromatic carbocycles. The minimum Gasteiger partial charge on any atom is -0.492 e. The summed E-state index contributed by atoms with van der Waals surface area (Å²) in [6.07, 6.45) is -24.0. The molecule has 0 spiro atoms. The van der Waals surface area contributed by atoms with Crippen molar-refractivity contribution in [2.75, 3.05) is 60.7 Å². The van der Waals surface area contributed by atoms with Gasteiger partial charge in [0.15, 0.2) is 41.9 Å². The van der Waals surface area contributed by atoms with Gasteiger partial charge in [-0.3, -0.25) is 4.79 Å². The van der Waals surface area contributed by atoms with Crippen molar-refractivity contribution in [1.29, 1.82) is 0 Å². The Labute approximate surface area is 366 Å². The topological polar surface area (TPSA) is 364 Å². The van der Waals surface area contributed by atoms with Crippen LogP contribution < -0.4 is 29.1 Å². The van der Waals surface area contributed by atoms with Crippen LogP contribution in [0.2, 0.25) is 0 Å². The lowest BCUT2D eigenvalue weighted by molar-refractivity contribution is -0.358. The van der Waals surface area contributed by atoms with Gasteiger partial charge in [0.25, 0.3) is 0 Å². The molecule has 25 nitrogen and oxygen atoms in total. The molecule has 6 heterocycles. The summed E-state index contributed by atoms with van der Waals surface area (Å²) in [6, 6.07) is 6.13. The van der Waals surface area contributed by atoms with Crippen LogP contribution in [0.15, 0.2) is 39.7 Å². The van der Waals surface area contributed by atoms with E-state index in [0.717, 1.165) is 0 Å². The van der Waals surface area contributed by atoms with Gasteiger partial charge in [0, 0.05) is 6.07 Å². The van der Waals surface area contributed by atoms with Crippen molar-refractivity contribution in [2.24, 2.45) is 0 Å². The summed E-state index contributed by atoms with van der Waals surface area (Å²) in [5.74, 6) is 0.367. The SMILES string of the molecule is COc1c(OC2OC(COC3OCC(O)(CO)C3O)C(OC3OC(COC4OCC(O)(CO)C4O)C(O)C(O)C3O)C(O)C2O)cc2occ(-c3ccc4c(c3)OCO4)c(=O)c2c1OC. The van der Waals surface area contributed by atoms with E-state index >= 15 is 0 Å². The van der Waals surface area contributed by atoms with Crippen molar-refractivity contribution in [1.82, 2.24) is 0 Å². The van der Waals surface area contributed by atoms with Gasteiger partial charge in [-0.25, -0.2) is 0 Å². The quantitative estimate of drug-likeness (QED) is 0.0681. The number of hydrogen-bond donors (Lipinski definition) is 11. The average Bonchev–Trinajstić information content (AvgIpc) is 3.99. The van der Waals surface area contributed by atoms with E-state index in [1.807, 2.05) is 0 Å². The minimum atomic E-state index is -2.11. The predicted octanol–water partition coefficient (Wildman–Crippen LogP) is -4.86. The van der Waals surface area contributed by atoms with Crippen LogP contribution in [0.3, 0.4) is 0 Å². The number of methoxy groups -OCH3 is 2. The molecule has 11 N–H and O–H groups in total. The second-order valence-electron chi connectivity index (χ2n) is 16.1. The lowest BCUT2D eigenvalue weighted by atomic mass is 9.96. The molecule has 0 saturated carbocycles. The molecule has 4 fully saturated rings. The molecule has 1 aromatic heterocycles. The zero-order chi connectivity index (χ0) is 46.5. The molecule has 65 heavy (non-hydrogen) atoms. The molecule has 4 saturated heterocycles.